The summed E-state index contributed by atoms with van der Waals surface area (Å²) in [6.07, 6.45) is 0.870. The smallest absolute Gasteiger partial charge is 0.272 e. The summed E-state index contributed by atoms with van der Waals surface area (Å²) in [5.74, 6) is 1.10. The van der Waals surface area contributed by atoms with Gasteiger partial charge in [-0.15, -0.1) is 10.2 Å². The molecule has 0 aliphatic carbocycles. The molecule has 0 fully saturated rings. The van der Waals surface area contributed by atoms with Crippen molar-refractivity contribution in [3.63, 3.8) is 0 Å². The lowest BCUT2D eigenvalue weighted by molar-refractivity contribution is 0.0933. The van der Waals surface area contributed by atoms with Crippen LogP contribution in [0.5, 0.6) is 5.75 Å². The lowest BCUT2D eigenvalue weighted by atomic mass is 10.2. The van der Waals surface area contributed by atoms with E-state index in [2.05, 4.69) is 20.8 Å². The van der Waals surface area contributed by atoms with E-state index in [9.17, 15) is 4.79 Å². The van der Waals surface area contributed by atoms with Gasteiger partial charge in [0.25, 0.3) is 5.91 Å². The van der Waals surface area contributed by atoms with Crippen LogP contribution in [0.4, 0.5) is 11.5 Å². The molecular weight excluding hydrogens is 280 g/mol. The molecule has 0 radical (unpaired) electrons. The molecule has 0 saturated carbocycles. The number of carbonyl (C=O) groups excluding carboxylic acids is 1. The molecule has 0 aliphatic heterocycles. The van der Waals surface area contributed by atoms with Crippen LogP contribution in [0.3, 0.4) is 0 Å². The molecule has 2 aromatic rings. The number of ether oxygens (including phenoxy) is 1. The Morgan fingerprint density at radius 1 is 1.27 bits per heavy atom. The zero-order chi connectivity index (χ0) is 15.9. The average Bonchev–Trinajstić information content (AvgIpc) is 2.55. The van der Waals surface area contributed by atoms with Gasteiger partial charge in [0.15, 0.2) is 11.5 Å². The van der Waals surface area contributed by atoms with Crippen LogP contribution in [0.25, 0.3) is 0 Å². The van der Waals surface area contributed by atoms with Crippen LogP contribution in [0.2, 0.25) is 0 Å². The highest BCUT2D eigenvalue weighted by Crippen LogP contribution is 2.19. The molecule has 1 aromatic heterocycles. The van der Waals surface area contributed by atoms with Crippen molar-refractivity contribution in [1.82, 2.24) is 15.5 Å². The third-order valence-electron chi connectivity index (χ3n) is 3.23. The van der Waals surface area contributed by atoms with E-state index >= 15 is 0 Å². The minimum Gasteiger partial charge on any atom is -0.497 e. The molecule has 116 valence electrons. The highest BCUT2D eigenvalue weighted by molar-refractivity contribution is 5.92. The maximum absolute atomic E-state index is 11.9. The predicted molar refractivity (Wildman–Crippen MR) is 85.5 cm³/mol. The molecule has 2 rings (SSSR count). The highest BCUT2D eigenvalue weighted by atomic mass is 16.5. The van der Waals surface area contributed by atoms with Crippen LogP contribution < -0.4 is 15.4 Å². The van der Waals surface area contributed by atoms with Gasteiger partial charge in [-0.25, -0.2) is 0 Å². The van der Waals surface area contributed by atoms with Crippen LogP contribution in [-0.4, -0.2) is 29.3 Å². The summed E-state index contributed by atoms with van der Waals surface area (Å²) in [4.78, 5) is 11.9. The number of hydrogen-bond acceptors (Lipinski definition) is 5. The molecule has 1 heterocycles. The normalized spacial score (nSPS) is 11.6. The van der Waals surface area contributed by atoms with Crippen LogP contribution in [0.15, 0.2) is 36.4 Å². The Labute approximate surface area is 129 Å². The molecule has 6 heteroatoms. The highest BCUT2D eigenvalue weighted by Gasteiger charge is 2.10. The molecule has 0 spiro atoms. The number of benzene rings is 1. The van der Waals surface area contributed by atoms with Crippen molar-refractivity contribution in [3.8, 4) is 5.75 Å². The largest absolute Gasteiger partial charge is 0.497 e. The number of aromatic nitrogens is 2. The molecule has 1 unspecified atom stereocenters. The Hall–Kier alpha value is -2.63. The second-order valence-electron chi connectivity index (χ2n) is 4.94. The first kappa shape index (κ1) is 15.8. The number of nitrogens with zero attached hydrogens (tertiary/aromatic N) is 2. The predicted octanol–water partition coefficient (Wildman–Crippen LogP) is 2.76. The Morgan fingerprint density at radius 2 is 2.09 bits per heavy atom. The van der Waals surface area contributed by atoms with Gasteiger partial charge in [0.05, 0.1) is 7.11 Å². The standard InChI is InChI=1S/C16H20N4O2/c1-4-11(2)17-16(21)14-8-9-15(20-19-14)18-12-6-5-7-13(10-12)22-3/h5-11H,4H2,1-3H3,(H,17,21)(H,18,20). The summed E-state index contributed by atoms with van der Waals surface area (Å²) in [6, 6.07) is 11.0. The summed E-state index contributed by atoms with van der Waals surface area (Å²) in [6.45, 7) is 3.96. The Morgan fingerprint density at radius 3 is 2.73 bits per heavy atom. The third-order valence-corrected chi connectivity index (χ3v) is 3.23. The van der Waals surface area contributed by atoms with Crippen molar-refractivity contribution in [1.29, 1.82) is 0 Å². The van der Waals surface area contributed by atoms with Gasteiger partial charge in [-0.05, 0) is 37.6 Å². The third kappa shape index (κ3) is 4.18. The van der Waals surface area contributed by atoms with Gasteiger partial charge in [-0.3, -0.25) is 4.79 Å². The molecule has 0 bridgehead atoms. The van der Waals surface area contributed by atoms with Gasteiger partial charge < -0.3 is 15.4 Å². The van der Waals surface area contributed by atoms with Crippen molar-refractivity contribution in [2.75, 3.05) is 12.4 Å². The minimum absolute atomic E-state index is 0.115. The van der Waals surface area contributed by atoms with Crippen LogP contribution in [0.1, 0.15) is 30.8 Å². The molecule has 0 aliphatic rings. The first-order chi connectivity index (χ1) is 10.6. The van der Waals surface area contributed by atoms with Crippen LogP contribution in [0, 0.1) is 0 Å². The molecule has 1 amide bonds. The molecule has 6 nitrogen and oxygen atoms in total. The van der Waals surface area contributed by atoms with E-state index in [0.717, 1.165) is 17.9 Å². The van der Waals surface area contributed by atoms with Crippen molar-refractivity contribution in [2.24, 2.45) is 0 Å². The van der Waals surface area contributed by atoms with E-state index < -0.39 is 0 Å². The quantitative estimate of drug-likeness (QED) is 0.858. The molecular formula is C16H20N4O2. The van der Waals surface area contributed by atoms with E-state index in [1.54, 1.807) is 19.2 Å². The average molecular weight is 300 g/mol. The van der Waals surface area contributed by atoms with Crippen LogP contribution >= 0.6 is 0 Å². The molecule has 0 saturated heterocycles. The monoisotopic (exact) mass is 300 g/mol. The Kier molecular flexibility index (Phi) is 5.30. The first-order valence-corrected chi connectivity index (χ1v) is 7.18. The van der Waals surface area contributed by atoms with Gasteiger partial charge in [0, 0.05) is 17.8 Å². The molecule has 1 aromatic carbocycles. The number of amides is 1. The van der Waals surface area contributed by atoms with Crippen molar-refractivity contribution in [3.05, 3.63) is 42.1 Å². The summed E-state index contributed by atoms with van der Waals surface area (Å²) >= 11 is 0. The fraction of sp³-hybridized carbons (Fsp3) is 0.312. The zero-order valence-corrected chi connectivity index (χ0v) is 13.0. The van der Waals surface area contributed by atoms with E-state index in [1.807, 2.05) is 38.1 Å². The first-order valence-electron chi connectivity index (χ1n) is 7.18. The lowest BCUT2D eigenvalue weighted by Gasteiger charge is -2.11. The maximum atomic E-state index is 11.9. The topological polar surface area (TPSA) is 76.1 Å². The van der Waals surface area contributed by atoms with Gasteiger partial charge >= 0.3 is 0 Å². The maximum Gasteiger partial charge on any atom is 0.272 e. The Bertz CT molecular complexity index is 628. The van der Waals surface area contributed by atoms with Crippen molar-refractivity contribution in [2.45, 2.75) is 26.3 Å². The number of rotatable bonds is 6. The summed E-state index contributed by atoms with van der Waals surface area (Å²) in [7, 11) is 1.61. The van der Waals surface area contributed by atoms with Gasteiger partial charge in [0.1, 0.15) is 5.75 Å². The van der Waals surface area contributed by atoms with Crippen molar-refractivity contribution < 1.29 is 9.53 Å². The summed E-state index contributed by atoms with van der Waals surface area (Å²) in [5.41, 5.74) is 1.14. The lowest BCUT2D eigenvalue weighted by Crippen LogP contribution is -2.32. The SMILES string of the molecule is CCC(C)NC(=O)c1ccc(Nc2cccc(OC)c2)nn1. The Balaban J connectivity index is 2.03. The van der Waals surface area contributed by atoms with E-state index in [4.69, 9.17) is 4.74 Å². The minimum atomic E-state index is -0.213. The fourth-order valence-corrected chi connectivity index (χ4v) is 1.77. The number of methoxy groups -OCH3 is 1. The number of carbonyl (C=O) groups is 1. The number of anilines is 2. The zero-order valence-electron chi connectivity index (χ0n) is 13.0. The number of nitrogens with one attached hydrogen (secondary N) is 2. The van der Waals surface area contributed by atoms with E-state index in [-0.39, 0.29) is 11.9 Å². The van der Waals surface area contributed by atoms with E-state index in [0.29, 0.717) is 11.5 Å². The number of hydrogen-bond donors (Lipinski definition) is 2. The molecule has 2 N–H and O–H groups in total. The van der Waals surface area contributed by atoms with Gasteiger partial charge in [-0.1, -0.05) is 13.0 Å². The second kappa shape index (κ2) is 7.40. The summed E-state index contributed by atoms with van der Waals surface area (Å²) in [5, 5.41) is 13.9. The van der Waals surface area contributed by atoms with Gasteiger partial charge in [0.2, 0.25) is 0 Å². The molecule has 1 atom stereocenters. The second-order valence-corrected chi connectivity index (χ2v) is 4.94. The van der Waals surface area contributed by atoms with Crippen LogP contribution in [-0.2, 0) is 0 Å². The summed E-state index contributed by atoms with van der Waals surface area (Å²) < 4.78 is 5.16. The van der Waals surface area contributed by atoms with Crippen molar-refractivity contribution >= 4 is 17.4 Å². The fourth-order valence-electron chi connectivity index (χ4n) is 1.77. The van der Waals surface area contributed by atoms with Gasteiger partial charge in [-0.2, -0.15) is 0 Å². The molecule has 22 heavy (non-hydrogen) atoms. The van der Waals surface area contributed by atoms with E-state index in [1.165, 1.54) is 0 Å².